The second kappa shape index (κ2) is 4.72. The number of hydrogen-bond donors (Lipinski definition) is 0. The molecule has 0 fully saturated rings. The van der Waals surface area contributed by atoms with E-state index in [0.29, 0.717) is 17.1 Å². The molecule has 0 saturated carbocycles. The molecule has 3 aliphatic heterocycles. The fourth-order valence-electron chi connectivity index (χ4n) is 4.32. The Labute approximate surface area is 149 Å². The minimum atomic E-state index is -0.145. The van der Waals surface area contributed by atoms with Gasteiger partial charge in [0, 0.05) is 7.05 Å². The summed E-state index contributed by atoms with van der Waals surface area (Å²) in [6.07, 6.45) is 2.98. The molecular weight excluding hydrogens is 334 g/mol. The van der Waals surface area contributed by atoms with Crippen LogP contribution in [-0.2, 0) is 6.42 Å². The minimum Gasteiger partial charge on any atom is -0.454 e. The Hall–Kier alpha value is -3.15. The van der Waals surface area contributed by atoms with Crippen LogP contribution >= 0.6 is 0 Å². The van der Waals surface area contributed by atoms with Gasteiger partial charge in [0.05, 0.1) is 11.6 Å². The van der Waals surface area contributed by atoms with Gasteiger partial charge in [-0.3, -0.25) is 4.79 Å². The fourth-order valence-corrected chi connectivity index (χ4v) is 4.32. The van der Waals surface area contributed by atoms with Gasteiger partial charge in [-0.25, -0.2) is 0 Å². The summed E-state index contributed by atoms with van der Waals surface area (Å²) in [5.74, 6) is 2.63. The number of fused-ring (bicyclic) bond motifs is 8. The topological polar surface area (TPSA) is 57.2 Å². The highest BCUT2D eigenvalue weighted by Gasteiger charge is 2.41. The van der Waals surface area contributed by atoms with E-state index in [1.807, 2.05) is 31.3 Å². The third kappa shape index (κ3) is 1.64. The maximum atomic E-state index is 13.2. The summed E-state index contributed by atoms with van der Waals surface area (Å²) in [6.45, 7) is 0.391. The van der Waals surface area contributed by atoms with Crippen LogP contribution in [-0.4, -0.2) is 31.4 Å². The van der Waals surface area contributed by atoms with Crippen LogP contribution in [0.2, 0.25) is 0 Å². The zero-order chi connectivity index (χ0) is 17.4. The van der Waals surface area contributed by atoms with Crippen LogP contribution in [0.1, 0.15) is 33.1 Å². The molecule has 1 aliphatic carbocycles. The maximum Gasteiger partial charge on any atom is 0.258 e. The van der Waals surface area contributed by atoms with Gasteiger partial charge in [-0.2, -0.15) is 0 Å². The number of likely N-dealkylation sites (N-methyl/N-ethyl adjacent to an activating group) is 1. The number of ether oxygens (including phenoxy) is 4. The van der Waals surface area contributed by atoms with Crippen molar-refractivity contribution in [2.24, 2.45) is 0 Å². The third-order valence-electron chi connectivity index (χ3n) is 5.54. The zero-order valence-electron chi connectivity index (χ0n) is 14.1. The maximum absolute atomic E-state index is 13.2. The Morgan fingerprint density at radius 3 is 2.65 bits per heavy atom. The summed E-state index contributed by atoms with van der Waals surface area (Å²) < 4.78 is 22.1. The number of rotatable bonds is 0. The molecule has 2 aromatic rings. The summed E-state index contributed by atoms with van der Waals surface area (Å²) in [7, 11) is 1.83. The molecule has 0 N–H and O–H groups in total. The van der Waals surface area contributed by atoms with Crippen LogP contribution in [0, 0.1) is 0 Å². The molecule has 1 amide bonds. The van der Waals surface area contributed by atoms with Crippen molar-refractivity contribution in [3.8, 4) is 23.0 Å². The van der Waals surface area contributed by atoms with E-state index in [1.54, 1.807) is 4.90 Å². The summed E-state index contributed by atoms with van der Waals surface area (Å²) in [5, 5.41) is 0. The lowest BCUT2D eigenvalue weighted by atomic mass is 9.78. The Kier molecular flexibility index (Phi) is 2.55. The first-order valence-corrected chi connectivity index (χ1v) is 8.55. The highest BCUT2D eigenvalue weighted by Crippen LogP contribution is 2.51. The van der Waals surface area contributed by atoms with Crippen LogP contribution in [0.3, 0.4) is 0 Å². The molecular formula is C20H15NO5. The fraction of sp³-hybridized carbons (Fsp3) is 0.250. The lowest BCUT2D eigenvalue weighted by Gasteiger charge is -2.39. The molecule has 26 heavy (non-hydrogen) atoms. The van der Waals surface area contributed by atoms with Gasteiger partial charge in [0.2, 0.25) is 13.6 Å². The smallest absolute Gasteiger partial charge is 0.258 e. The van der Waals surface area contributed by atoms with Gasteiger partial charge in [-0.1, -0.05) is 6.08 Å². The molecule has 0 bridgehead atoms. The Morgan fingerprint density at radius 2 is 1.77 bits per heavy atom. The number of hydrogen-bond acceptors (Lipinski definition) is 5. The SMILES string of the molecule is CN1C(=O)c2c(ccc3c2OCO3)C2=CCc3cc4c(cc3C21)OCO4. The molecule has 3 heterocycles. The van der Waals surface area contributed by atoms with E-state index in [4.69, 9.17) is 18.9 Å². The molecule has 2 aromatic carbocycles. The quantitative estimate of drug-likeness (QED) is 0.732. The molecule has 6 rings (SSSR count). The van der Waals surface area contributed by atoms with Crippen LogP contribution in [0.5, 0.6) is 23.0 Å². The molecule has 6 nitrogen and oxygen atoms in total. The molecule has 0 radical (unpaired) electrons. The zero-order valence-corrected chi connectivity index (χ0v) is 14.1. The average molecular weight is 349 g/mol. The van der Waals surface area contributed by atoms with E-state index in [9.17, 15) is 4.79 Å². The third-order valence-corrected chi connectivity index (χ3v) is 5.54. The molecule has 0 aromatic heterocycles. The number of carbonyl (C=O) groups excluding carboxylic acids is 1. The molecule has 4 aliphatic rings. The first-order chi connectivity index (χ1) is 12.7. The Morgan fingerprint density at radius 1 is 1.00 bits per heavy atom. The van der Waals surface area contributed by atoms with E-state index in [0.717, 1.165) is 40.2 Å². The Bertz CT molecular complexity index is 1030. The molecule has 130 valence electrons. The summed E-state index contributed by atoms with van der Waals surface area (Å²) in [4.78, 5) is 15.0. The van der Waals surface area contributed by atoms with Crippen LogP contribution in [0.15, 0.2) is 30.3 Å². The summed E-state index contributed by atoms with van der Waals surface area (Å²) in [5.41, 5.74) is 4.88. The Balaban J connectivity index is 1.57. The van der Waals surface area contributed by atoms with Crippen molar-refractivity contribution in [3.05, 3.63) is 52.6 Å². The standard InChI is InChI=1S/C20H15NO5/c1-21-18-12(3-2-10-6-15-16(7-13(10)18)25-8-24-15)11-4-5-14-19(26-9-23-14)17(11)20(21)22/h3-7,18H,2,8-9H2,1H3. The predicted octanol–water partition coefficient (Wildman–Crippen LogP) is 2.91. The van der Waals surface area contributed by atoms with Crippen molar-refractivity contribution in [3.63, 3.8) is 0 Å². The second-order valence-electron chi connectivity index (χ2n) is 6.81. The molecule has 6 heteroatoms. The highest BCUT2D eigenvalue weighted by atomic mass is 16.7. The van der Waals surface area contributed by atoms with Crippen LogP contribution in [0.25, 0.3) is 5.57 Å². The van der Waals surface area contributed by atoms with Crippen molar-refractivity contribution >= 4 is 11.5 Å². The first kappa shape index (κ1) is 14.1. The van der Waals surface area contributed by atoms with Crippen molar-refractivity contribution in [2.45, 2.75) is 12.5 Å². The number of nitrogens with zero attached hydrogens (tertiary/aromatic N) is 1. The second-order valence-corrected chi connectivity index (χ2v) is 6.81. The first-order valence-electron chi connectivity index (χ1n) is 8.55. The highest BCUT2D eigenvalue weighted by molar-refractivity contribution is 6.07. The summed E-state index contributed by atoms with van der Waals surface area (Å²) in [6, 6.07) is 7.74. The van der Waals surface area contributed by atoms with Gasteiger partial charge < -0.3 is 23.8 Å². The molecule has 0 saturated heterocycles. The van der Waals surface area contributed by atoms with Crippen LogP contribution < -0.4 is 18.9 Å². The van der Waals surface area contributed by atoms with E-state index >= 15 is 0 Å². The van der Waals surface area contributed by atoms with E-state index in [-0.39, 0.29) is 25.5 Å². The number of benzene rings is 2. The molecule has 0 spiro atoms. The number of carbonyl (C=O) groups is 1. The lowest BCUT2D eigenvalue weighted by molar-refractivity contribution is 0.0747. The van der Waals surface area contributed by atoms with E-state index in [1.165, 1.54) is 0 Å². The van der Waals surface area contributed by atoms with Gasteiger partial charge >= 0.3 is 0 Å². The van der Waals surface area contributed by atoms with Gasteiger partial charge in [0.15, 0.2) is 23.0 Å². The summed E-state index contributed by atoms with van der Waals surface area (Å²) >= 11 is 0. The average Bonchev–Trinajstić information content (AvgIpc) is 3.31. The molecule has 1 atom stereocenters. The van der Waals surface area contributed by atoms with Gasteiger partial charge in [0.25, 0.3) is 5.91 Å². The molecule has 1 unspecified atom stereocenters. The monoisotopic (exact) mass is 349 g/mol. The van der Waals surface area contributed by atoms with Gasteiger partial charge in [-0.15, -0.1) is 0 Å². The lowest BCUT2D eigenvalue weighted by Crippen LogP contribution is -2.38. The van der Waals surface area contributed by atoms with Crippen LogP contribution in [0.4, 0.5) is 0 Å². The number of amides is 1. The number of allylic oxidation sites excluding steroid dienone is 1. The largest absolute Gasteiger partial charge is 0.454 e. The van der Waals surface area contributed by atoms with E-state index in [2.05, 4.69) is 6.08 Å². The van der Waals surface area contributed by atoms with Gasteiger partial charge in [0.1, 0.15) is 0 Å². The van der Waals surface area contributed by atoms with Crippen molar-refractivity contribution < 1.29 is 23.7 Å². The minimum absolute atomic E-state index is 0.0602. The normalized spacial score (nSPS) is 21.1. The predicted molar refractivity (Wildman–Crippen MR) is 91.6 cm³/mol. The van der Waals surface area contributed by atoms with Gasteiger partial charge in [-0.05, 0) is 52.9 Å². The van der Waals surface area contributed by atoms with Crippen molar-refractivity contribution in [2.75, 3.05) is 20.6 Å². The van der Waals surface area contributed by atoms with E-state index < -0.39 is 0 Å². The van der Waals surface area contributed by atoms with Crippen molar-refractivity contribution in [1.29, 1.82) is 0 Å². The van der Waals surface area contributed by atoms with Crippen molar-refractivity contribution in [1.82, 2.24) is 4.90 Å².